The number of nitrogens with zero attached hydrogens (tertiary/aromatic N) is 3. The van der Waals surface area contributed by atoms with Gasteiger partial charge >= 0.3 is 0 Å². The van der Waals surface area contributed by atoms with Crippen molar-refractivity contribution in [1.82, 2.24) is 14.8 Å². The lowest BCUT2D eigenvalue weighted by atomic mass is 10.0. The average molecular weight is 483 g/mol. The van der Waals surface area contributed by atoms with E-state index in [1.54, 1.807) is 37.3 Å². The van der Waals surface area contributed by atoms with Gasteiger partial charge in [0.05, 0.1) is 17.4 Å². The summed E-state index contributed by atoms with van der Waals surface area (Å²) in [6, 6.07) is 11.3. The molecule has 0 fully saturated rings. The molecular weight excluding hydrogens is 444 g/mol. The van der Waals surface area contributed by atoms with Crippen molar-refractivity contribution in [2.75, 3.05) is 39.2 Å². The second-order valence-corrected chi connectivity index (χ2v) is 9.36. The monoisotopic (exact) mass is 482 g/mol. The molecular formula is C27H38N4O4. The molecule has 8 nitrogen and oxygen atoms in total. The van der Waals surface area contributed by atoms with Gasteiger partial charge in [0.2, 0.25) is 5.91 Å². The van der Waals surface area contributed by atoms with Crippen molar-refractivity contribution in [1.29, 1.82) is 0 Å². The minimum Gasteiger partial charge on any atom is -0.491 e. The number of anilines is 1. The van der Waals surface area contributed by atoms with Gasteiger partial charge in [0.15, 0.2) is 0 Å². The molecule has 0 radical (unpaired) electrons. The Morgan fingerprint density at radius 1 is 1.23 bits per heavy atom. The third-order valence-electron chi connectivity index (χ3n) is 6.43. The molecule has 2 amide bonds. The van der Waals surface area contributed by atoms with E-state index in [1.807, 2.05) is 31.3 Å². The molecule has 8 heteroatoms. The SMILES string of the molecule is CCCC(=O)Nc1ccc2c(c1)C(=O)N(C)C[C@@H](OC)[C@H](C)CN(Cc1ccccn1)[C@H](C)CO2. The van der Waals surface area contributed by atoms with Gasteiger partial charge in [0, 0.05) is 58.1 Å². The van der Waals surface area contributed by atoms with Crippen molar-refractivity contribution in [2.24, 2.45) is 5.92 Å². The van der Waals surface area contributed by atoms with E-state index in [4.69, 9.17) is 9.47 Å². The van der Waals surface area contributed by atoms with Crippen LogP contribution in [0.5, 0.6) is 5.75 Å². The van der Waals surface area contributed by atoms with Gasteiger partial charge in [-0.3, -0.25) is 19.5 Å². The summed E-state index contributed by atoms with van der Waals surface area (Å²) in [5, 5.41) is 2.88. The Balaban J connectivity index is 1.92. The molecule has 35 heavy (non-hydrogen) atoms. The Morgan fingerprint density at radius 3 is 2.71 bits per heavy atom. The second kappa shape index (κ2) is 12.7. The highest BCUT2D eigenvalue weighted by Crippen LogP contribution is 2.27. The molecule has 0 unspecified atom stereocenters. The highest BCUT2D eigenvalue weighted by Gasteiger charge is 2.28. The first-order chi connectivity index (χ1) is 16.8. The summed E-state index contributed by atoms with van der Waals surface area (Å²) in [5.41, 5.74) is 2.00. The molecule has 0 bridgehead atoms. The van der Waals surface area contributed by atoms with Gasteiger partial charge in [-0.2, -0.15) is 0 Å². The van der Waals surface area contributed by atoms with E-state index in [9.17, 15) is 9.59 Å². The molecule has 1 aromatic carbocycles. The molecule has 1 aromatic heterocycles. The van der Waals surface area contributed by atoms with E-state index < -0.39 is 0 Å². The Labute approximate surface area is 208 Å². The number of carbonyl (C=O) groups excluding carboxylic acids is 2. The van der Waals surface area contributed by atoms with E-state index in [2.05, 4.69) is 29.0 Å². The summed E-state index contributed by atoms with van der Waals surface area (Å²) in [4.78, 5) is 34.1. The molecule has 2 heterocycles. The smallest absolute Gasteiger partial charge is 0.257 e. The first-order valence-electron chi connectivity index (χ1n) is 12.3. The number of pyridine rings is 1. The summed E-state index contributed by atoms with van der Waals surface area (Å²) in [6.07, 6.45) is 2.85. The van der Waals surface area contributed by atoms with Crippen LogP contribution in [0.15, 0.2) is 42.6 Å². The summed E-state index contributed by atoms with van der Waals surface area (Å²) >= 11 is 0. The number of nitrogens with one attached hydrogen (secondary N) is 1. The van der Waals surface area contributed by atoms with Crippen LogP contribution in [0.3, 0.4) is 0 Å². The summed E-state index contributed by atoms with van der Waals surface area (Å²) in [5.74, 6) is 0.427. The average Bonchev–Trinajstić information content (AvgIpc) is 2.85. The number of hydrogen-bond donors (Lipinski definition) is 1. The van der Waals surface area contributed by atoms with Crippen LogP contribution in [0.4, 0.5) is 5.69 Å². The maximum absolute atomic E-state index is 13.4. The summed E-state index contributed by atoms with van der Waals surface area (Å²) < 4.78 is 12.0. The zero-order chi connectivity index (χ0) is 25.4. The van der Waals surface area contributed by atoms with E-state index in [0.717, 1.165) is 18.7 Å². The van der Waals surface area contributed by atoms with Crippen molar-refractivity contribution in [3.8, 4) is 5.75 Å². The quantitative estimate of drug-likeness (QED) is 0.674. The van der Waals surface area contributed by atoms with Crippen molar-refractivity contribution in [3.63, 3.8) is 0 Å². The van der Waals surface area contributed by atoms with Crippen LogP contribution in [0, 0.1) is 5.92 Å². The molecule has 0 spiro atoms. The molecule has 0 saturated carbocycles. The second-order valence-electron chi connectivity index (χ2n) is 9.36. The fourth-order valence-corrected chi connectivity index (χ4v) is 4.30. The molecule has 3 atom stereocenters. The number of benzene rings is 1. The molecule has 0 aliphatic carbocycles. The molecule has 1 N–H and O–H groups in total. The fourth-order valence-electron chi connectivity index (χ4n) is 4.30. The van der Waals surface area contributed by atoms with E-state index in [1.165, 1.54) is 0 Å². The van der Waals surface area contributed by atoms with E-state index >= 15 is 0 Å². The number of hydrogen-bond acceptors (Lipinski definition) is 6. The minimum atomic E-state index is -0.167. The Kier molecular flexibility index (Phi) is 9.63. The summed E-state index contributed by atoms with van der Waals surface area (Å²) in [7, 11) is 3.46. The highest BCUT2D eigenvalue weighted by atomic mass is 16.5. The standard InChI is InChI=1S/C27H38N4O4/c1-6-9-26(32)29-21-11-12-24-23(14-21)27(33)30(4)17-25(34-5)19(2)15-31(20(3)18-35-24)16-22-10-7-8-13-28-22/h7-8,10-14,19-20,25H,6,9,15-18H2,1-5H3,(H,29,32)/t19-,20-,25-/m1/s1. The van der Waals surface area contributed by atoms with Gasteiger partial charge in [0.25, 0.3) is 5.91 Å². The van der Waals surface area contributed by atoms with Gasteiger partial charge in [-0.05, 0) is 49.6 Å². The molecule has 190 valence electrons. The van der Waals surface area contributed by atoms with Crippen LogP contribution in [-0.2, 0) is 16.1 Å². The van der Waals surface area contributed by atoms with Crippen molar-refractivity contribution in [2.45, 2.75) is 52.3 Å². The van der Waals surface area contributed by atoms with Crippen molar-refractivity contribution in [3.05, 3.63) is 53.9 Å². The van der Waals surface area contributed by atoms with Crippen LogP contribution in [0.25, 0.3) is 0 Å². The molecule has 2 aromatic rings. The number of amides is 2. The van der Waals surface area contributed by atoms with Gasteiger partial charge in [-0.25, -0.2) is 0 Å². The van der Waals surface area contributed by atoms with Crippen LogP contribution < -0.4 is 10.1 Å². The lowest BCUT2D eigenvalue weighted by Gasteiger charge is -2.35. The first kappa shape index (κ1) is 26.6. The Bertz CT molecular complexity index is 984. The lowest BCUT2D eigenvalue weighted by Crippen LogP contribution is -2.46. The number of fused-ring (bicyclic) bond motifs is 1. The molecule has 1 aliphatic rings. The number of rotatable bonds is 6. The number of likely N-dealkylation sites (N-methyl/N-ethyl adjacent to an activating group) is 1. The fraction of sp³-hybridized carbons (Fsp3) is 0.519. The third kappa shape index (κ3) is 7.26. The summed E-state index contributed by atoms with van der Waals surface area (Å²) in [6.45, 7) is 8.53. The molecule has 3 rings (SSSR count). The number of ether oxygens (including phenoxy) is 2. The predicted octanol–water partition coefficient (Wildman–Crippen LogP) is 3.83. The number of carbonyl (C=O) groups is 2. The van der Waals surface area contributed by atoms with Crippen molar-refractivity contribution < 1.29 is 19.1 Å². The number of aromatic nitrogens is 1. The van der Waals surface area contributed by atoms with Gasteiger partial charge in [-0.1, -0.05) is 19.9 Å². The Hall–Kier alpha value is -2.97. The Morgan fingerprint density at radius 2 is 2.03 bits per heavy atom. The van der Waals surface area contributed by atoms with Gasteiger partial charge in [0.1, 0.15) is 12.4 Å². The highest BCUT2D eigenvalue weighted by molar-refractivity contribution is 5.99. The van der Waals surface area contributed by atoms with E-state index in [-0.39, 0.29) is 29.9 Å². The maximum Gasteiger partial charge on any atom is 0.257 e. The van der Waals surface area contributed by atoms with Crippen LogP contribution in [0.2, 0.25) is 0 Å². The van der Waals surface area contributed by atoms with Crippen LogP contribution in [-0.4, -0.2) is 72.6 Å². The van der Waals surface area contributed by atoms with Gasteiger partial charge in [-0.15, -0.1) is 0 Å². The van der Waals surface area contributed by atoms with Gasteiger partial charge < -0.3 is 19.7 Å². The zero-order valence-corrected chi connectivity index (χ0v) is 21.5. The van der Waals surface area contributed by atoms with Crippen LogP contribution >= 0.6 is 0 Å². The maximum atomic E-state index is 13.4. The normalized spacial score (nSPS) is 21.9. The topological polar surface area (TPSA) is 84.0 Å². The lowest BCUT2D eigenvalue weighted by molar-refractivity contribution is -0.116. The first-order valence-corrected chi connectivity index (χ1v) is 12.3. The predicted molar refractivity (Wildman–Crippen MR) is 137 cm³/mol. The van der Waals surface area contributed by atoms with Crippen molar-refractivity contribution >= 4 is 17.5 Å². The largest absolute Gasteiger partial charge is 0.491 e. The van der Waals surface area contributed by atoms with E-state index in [0.29, 0.717) is 43.1 Å². The zero-order valence-electron chi connectivity index (χ0n) is 21.5. The number of methoxy groups -OCH3 is 1. The molecule has 1 aliphatic heterocycles. The molecule has 0 saturated heterocycles. The third-order valence-corrected chi connectivity index (χ3v) is 6.43. The minimum absolute atomic E-state index is 0.0704. The van der Waals surface area contributed by atoms with Crippen LogP contribution in [0.1, 0.15) is 49.7 Å².